The average Bonchev–Trinajstić information content (AvgIpc) is 2.91. The van der Waals surface area contributed by atoms with Crippen LogP contribution in [0.15, 0.2) is 54.6 Å². The molecule has 4 rings (SSSR count). The van der Waals surface area contributed by atoms with Gasteiger partial charge in [-0.3, -0.25) is 10.1 Å². The van der Waals surface area contributed by atoms with E-state index in [4.69, 9.17) is 11.6 Å². The summed E-state index contributed by atoms with van der Waals surface area (Å²) in [4.78, 5) is 17.9. The van der Waals surface area contributed by atoms with Gasteiger partial charge in [-0.1, -0.05) is 17.7 Å². The molecule has 4 aromatic rings. The van der Waals surface area contributed by atoms with Crippen LogP contribution in [0.1, 0.15) is 0 Å². The fourth-order valence-electron chi connectivity index (χ4n) is 2.71. The first kappa shape index (κ1) is 13.7. The predicted molar refractivity (Wildman–Crippen MR) is 90.7 cm³/mol. The Hall–Kier alpha value is -2.92. The summed E-state index contributed by atoms with van der Waals surface area (Å²) in [6.45, 7) is 0. The normalized spacial score (nSPS) is 11.2. The molecule has 0 fully saturated rings. The molecule has 0 saturated heterocycles. The first-order valence-corrected chi connectivity index (χ1v) is 7.32. The molecule has 5 nitrogen and oxygen atoms in total. The molecule has 0 unspecified atom stereocenters. The van der Waals surface area contributed by atoms with Gasteiger partial charge in [-0.25, -0.2) is 4.98 Å². The molecule has 6 heteroatoms. The Morgan fingerprint density at radius 2 is 1.70 bits per heavy atom. The lowest BCUT2D eigenvalue weighted by molar-refractivity contribution is -0.384. The van der Waals surface area contributed by atoms with E-state index in [9.17, 15) is 10.1 Å². The van der Waals surface area contributed by atoms with Crippen molar-refractivity contribution in [3.63, 3.8) is 0 Å². The van der Waals surface area contributed by atoms with Crippen molar-refractivity contribution in [2.75, 3.05) is 0 Å². The van der Waals surface area contributed by atoms with Crippen molar-refractivity contribution in [2.24, 2.45) is 0 Å². The molecule has 2 aromatic heterocycles. The molecule has 0 aliphatic carbocycles. The molecule has 0 bridgehead atoms. The van der Waals surface area contributed by atoms with E-state index in [-0.39, 0.29) is 5.69 Å². The van der Waals surface area contributed by atoms with Gasteiger partial charge in [0.15, 0.2) is 0 Å². The summed E-state index contributed by atoms with van der Waals surface area (Å²) < 4.78 is 0. The summed E-state index contributed by atoms with van der Waals surface area (Å²) in [7, 11) is 0. The number of nitro groups is 1. The number of hydrogen-bond donors (Lipinski definition) is 1. The largest absolute Gasteiger partial charge is 0.339 e. The number of aromatic amines is 1. The Labute approximate surface area is 135 Å². The number of pyridine rings is 1. The van der Waals surface area contributed by atoms with Crippen LogP contribution in [0.4, 0.5) is 5.69 Å². The third-order valence-electron chi connectivity index (χ3n) is 3.84. The molecule has 112 valence electrons. The smallest absolute Gasteiger partial charge is 0.269 e. The van der Waals surface area contributed by atoms with Crippen LogP contribution < -0.4 is 0 Å². The van der Waals surface area contributed by atoms with Crippen LogP contribution in [0.2, 0.25) is 5.15 Å². The van der Waals surface area contributed by atoms with E-state index in [1.54, 1.807) is 18.2 Å². The van der Waals surface area contributed by atoms with Gasteiger partial charge in [-0.15, -0.1) is 0 Å². The fourth-order valence-corrected chi connectivity index (χ4v) is 2.85. The van der Waals surface area contributed by atoms with E-state index in [1.807, 2.05) is 24.3 Å². The molecule has 0 atom stereocenters. The number of benzene rings is 2. The standard InChI is InChI=1S/C17H10ClN3O2/c18-16-8-6-13-14-9-11(3-7-15(14)19-17(13)20-16)10-1-4-12(5-2-10)21(22)23/h1-9H,(H,19,20). The minimum atomic E-state index is -0.401. The number of aromatic nitrogens is 2. The number of nitrogens with zero attached hydrogens (tertiary/aromatic N) is 2. The van der Waals surface area contributed by atoms with Crippen LogP contribution in [-0.4, -0.2) is 14.9 Å². The highest BCUT2D eigenvalue weighted by molar-refractivity contribution is 6.30. The molecule has 0 aliphatic rings. The number of hydrogen-bond acceptors (Lipinski definition) is 3. The highest BCUT2D eigenvalue weighted by Crippen LogP contribution is 2.30. The predicted octanol–water partition coefficient (Wildman–Crippen LogP) is 4.94. The molecular weight excluding hydrogens is 314 g/mol. The summed E-state index contributed by atoms with van der Waals surface area (Å²) >= 11 is 5.93. The maximum absolute atomic E-state index is 10.7. The summed E-state index contributed by atoms with van der Waals surface area (Å²) in [5.41, 5.74) is 3.71. The van der Waals surface area contributed by atoms with E-state index in [0.29, 0.717) is 5.15 Å². The second-order valence-electron chi connectivity index (χ2n) is 5.22. The molecule has 23 heavy (non-hydrogen) atoms. The van der Waals surface area contributed by atoms with Crippen LogP contribution >= 0.6 is 11.6 Å². The van der Waals surface area contributed by atoms with Gasteiger partial charge >= 0.3 is 0 Å². The third-order valence-corrected chi connectivity index (χ3v) is 4.05. The van der Waals surface area contributed by atoms with Gasteiger partial charge in [0.2, 0.25) is 0 Å². The van der Waals surface area contributed by atoms with Crippen molar-refractivity contribution in [2.45, 2.75) is 0 Å². The van der Waals surface area contributed by atoms with Gasteiger partial charge in [-0.05, 0) is 47.5 Å². The van der Waals surface area contributed by atoms with E-state index >= 15 is 0 Å². The van der Waals surface area contributed by atoms with Crippen LogP contribution in [0.25, 0.3) is 33.1 Å². The van der Waals surface area contributed by atoms with Gasteiger partial charge < -0.3 is 4.98 Å². The monoisotopic (exact) mass is 323 g/mol. The number of non-ortho nitro benzene ring substituents is 1. The molecule has 2 heterocycles. The lowest BCUT2D eigenvalue weighted by Crippen LogP contribution is -1.87. The number of nitro benzene ring substituents is 1. The zero-order chi connectivity index (χ0) is 16.0. The van der Waals surface area contributed by atoms with Crippen molar-refractivity contribution >= 4 is 39.2 Å². The van der Waals surface area contributed by atoms with Crippen molar-refractivity contribution in [1.29, 1.82) is 0 Å². The van der Waals surface area contributed by atoms with Crippen molar-refractivity contribution in [3.8, 4) is 11.1 Å². The van der Waals surface area contributed by atoms with E-state index in [0.717, 1.165) is 33.1 Å². The second kappa shape index (κ2) is 5.07. The highest BCUT2D eigenvalue weighted by Gasteiger charge is 2.09. The third kappa shape index (κ3) is 2.31. The van der Waals surface area contributed by atoms with Crippen molar-refractivity contribution < 1.29 is 4.92 Å². The van der Waals surface area contributed by atoms with E-state index in [2.05, 4.69) is 9.97 Å². The number of rotatable bonds is 2. The number of halogens is 1. The second-order valence-corrected chi connectivity index (χ2v) is 5.61. The molecule has 0 radical (unpaired) electrons. The molecule has 1 N–H and O–H groups in total. The Balaban J connectivity index is 1.87. The van der Waals surface area contributed by atoms with Crippen LogP contribution in [0.5, 0.6) is 0 Å². The molecular formula is C17H10ClN3O2. The van der Waals surface area contributed by atoms with Crippen molar-refractivity contribution in [1.82, 2.24) is 9.97 Å². The number of fused-ring (bicyclic) bond motifs is 3. The molecule has 0 amide bonds. The van der Waals surface area contributed by atoms with E-state index in [1.165, 1.54) is 12.1 Å². The minimum absolute atomic E-state index is 0.0840. The van der Waals surface area contributed by atoms with Gasteiger partial charge in [0, 0.05) is 28.4 Å². The zero-order valence-electron chi connectivity index (χ0n) is 11.8. The Morgan fingerprint density at radius 3 is 2.43 bits per heavy atom. The molecule has 0 saturated carbocycles. The minimum Gasteiger partial charge on any atom is -0.339 e. The van der Waals surface area contributed by atoms with Gasteiger partial charge in [0.1, 0.15) is 10.8 Å². The average molecular weight is 324 g/mol. The van der Waals surface area contributed by atoms with Gasteiger partial charge in [-0.2, -0.15) is 0 Å². The number of H-pyrrole nitrogens is 1. The highest BCUT2D eigenvalue weighted by atomic mass is 35.5. The molecule has 2 aromatic carbocycles. The first-order chi connectivity index (χ1) is 11.1. The number of nitrogens with one attached hydrogen (secondary N) is 1. The van der Waals surface area contributed by atoms with Gasteiger partial charge in [0.05, 0.1) is 4.92 Å². The molecule has 0 spiro atoms. The van der Waals surface area contributed by atoms with Crippen molar-refractivity contribution in [3.05, 3.63) is 69.9 Å². The van der Waals surface area contributed by atoms with Crippen LogP contribution in [0.3, 0.4) is 0 Å². The Morgan fingerprint density at radius 1 is 0.957 bits per heavy atom. The lowest BCUT2D eigenvalue weighted by atomic mass is 10.0. The Bertz CT molecular complexity index is 1050. The topological polar surface area (TPSA) is 71.8 Å². The lowest BCUT2D eigenvalue weighted by Gasteiger charge is -2.02. The summed E-state index contributed by atoms with van der Waals surface area (Å²) in [6.07, 6.45) is 0. The first-order valence-electron chi connectivity index (χ1n) is 6.95. The Kier molecular flexibility index (Phi) is 3.02. The summed E-state index contributed by atoms with van der Waals surface area (Å²) in [5, 5.41) is 13.2. The maximum Gasteiger partial charge on any atom is 0.269 e. The van der Waals surface area contributed by atoms with E-state index < -0.39 is 4.92 Å². The quantitative estimate of drug-likeness (QED) is 0.322. The van der Waals surface area contributed by atoms with Gasteiger partial charge in [0.25, 0.3) is 5.69 Å². The maximum atomic E-state index is 10.7. The fraction of sp³-hybridized carbons (Fsp3) is 0. The zero-order valence-corrected chi connectivity index (χ0v) is 12.5. The van der Waals surface area contributed by atoms with Crippen LogP contribution in [0, 0.1) is 10.1 Å². The summed E-state index contributed by atoms with van der Waals surface area (Å²) in [5.74, 6) is 0. The summed E-state index contributed by atoms with van der Waals surface area (Å²) in [6, 6.07) is 16.2. The SMILES string of the molecule is O=[N+]([O-])c1ccc(-c2ccc3[nH]c4nc(Cl)ccc4c3c2)cc1. The van der Waals surface area contributed by atoms with Crippen LogP contribution in [-0.2, 0) is 0 Å². The molecule has 0 aliphatic heterocycles.